The lowest BCUT2D eigenvalue weighted by atomic mass is 9.68. The zero-order valence-electron chi connectivity index (χ0n) is 9.94. The molecule has 0 aromatic heterocycles. The largest absolute Gasteiger partial charge is 0.454 e. The molecule has 2 aliphatic rings. The molecule has 2 N–H and O–H groups in total. The van der Waals surface area contributed by atoms with E-state index >= 15 is 0 Å². The summed E-state index contributed by atoms with van der Waals surface area (Å²) in [5, 5.41) is 12.2. The standard InChI is InChI=1S/C13H15NO4/c15-7-13(4-1-5-13)12(16)14-9-2-3-10-11(6-9)18-8-17-10/h2-3,6,15H,1,4-5,7-8H2,(H,14,16). The van der Waals surface area contributed by atoms with Crippen LogP contribution in [0.4, 0.5) is 5.69 Å². The van der Waals surface area contributed by atoms with Crippen LogP contribution in [0.15, 0.2) is 18.2 Å². The summed E-state index contributed by atoms with van der Waals surface area (Å²) in [5.74, 6) is 1.21. The molecule has 1 aliphatic heterocycles. The maximum Gasteiger partial charge on any atom is 0.232 e. The second-order valence-corrected chi connectivity index (χ2v) is 4.81. The molecule has 5 heteroatoms. The van der Waals surface area contributed by atoms with Crippen molar-refractivity contribution in [1.29, 1.82) is 0 Å². The lowest BCUT2D eigenvalue weighted by Crippen LogP contribution is -2.44. The Hall–Kier alpha value is -1.75. The van der Waals surface area contributed by atoms with Crippen LogP contribution in [0.3, 0.4) is 0 Å². The van der Waals surface area contributed by atoms with Gasteiger partial charge in [-0.15, -0.1) is 0 Å². The summed E-state index contributed by atoms with van der Waals surface area (Å²) in [6.07, 6.45) is 2.49. The first-order chi connectivity index (χ1) is 8.73. The first-order valence-electron chi connectivity index (χ1n) is 6.05. The van der Waals surface area contributed by atoms with Crippen LogP contribution in [0.25, 0.3) is 0 Å². The fourth-order valence-electron chi connectivity index (χ4n) is 2.30. The van der Waals surface area contributed by atoms with E-state index in [1.165, 1.54) is 0 Å². The van der Waals surface area contributed by atoms with Crippen LogP contribution < -0.4 is 14.8 Å². The van der Waals surface area contributed by atoms with Crippen molar-refractivity contribution in [1.82, 2.24) is 0 Å². The highest BCUT2D eigenvalue weighted by Crippen LogP contribution is 2.42. The number of carbonyl (C=O) groups is 1. The Bertz CT molecular complexity index is 476. The Morgan fingerprint density at radius 3 is 2.78 bits per heavy atom. The smallest absolute Gasteiger partial charge is 0.232 e. The number of hydrogen-bond donors (Lipinski definition) is 2. The predicted octanol–water partition coefficient (Wildman–Crippen LogP) is 1.52. The number of aliphatic hydroxyl groups is 1. The monoisotopic (exact) mass is 249 g/mol. The van der Waals surface area contributed by atoms with Gasteiger partial charge in [-0.2, -0.15) is 0 Å². The Kier molecular flexibility index (Phi) is 2.63. The zero-order valence-corrected chi connectivity index (χ0v) is 9.94. The van der Waals surface area contributed by atoms with E-state index in [9.17, 15) is 9.90 Å². The number of nitrogens with one attached hydrogen (secondary N) is 1. The topological polar surface area (TPSA) is 67.8 Å². The molecule has 18 heavy (non-hydrogen) atoms. The van der Waals surface area contributed by atoms with E-state index in [2.05, 4.69) is 5.32 Å². The maximum absolute atomic E-state index is 12.1. The van der Waals surface area contributed by atoms with Gasteiger partial charge in [0.2, 0.25) is 12.7 Å². The van der Waals surface area contributed by atoms with Crippen LogP contribution >= 0.6 is 0 Å². The van der Waals surface area contributed by atoms with Crippen LogP contribution in [-0.2, 0) is 4.79 Å². The molecule has 0 saturated heterocycles. The van der Waals surface area contributed by atoms with Gasteiger partial charge in [0.05, 0.1) is 12.0 Å². The molecule has 3 rings (SSSR count). The van der Waals surface area contributed by atoms with Crippen LogP contribution in [0, 0.1) is 5.41 Å². The molecule has 96 valence electrons. The van der Waals surface area contributed by atoms with Gasteiger partial charge in [0, 0.05) is 11.8 Å². The number of amides is 1. The van der Waals surface area contributed by atoms with Gasteiger partial charge in [0.25, 0.3) is 0 Å². The van der Waals surface area contributed by atoms with Gasteiger partial charge in [-0.3, -0.25) is 4.79 Å². The molecule has 0 radical (unpaired) electrons. The molecule has 1 fully saturated rings. The van der Waals surface area contributed by atoms with Crippen molar-refractivity contribution in [3.63, 3.8) is 0 Å². The first-order valence-corrected chi connectivity index (χ1v) is 6.05. The summed E-state index contributed by atoms with van der Waals surface area (Å²) in [6.45, 7) is 0.122. The predicted molar refractivity (Wildman–Crippen MR) is 64.6 cm³/mol. The van der Waals surface area contributed by atoms with Gasteiger partial charge >= 0.3 is 0 Å². The summed E-state index contributed by atoms with van der Waals surface area (Å²) in [5.41, 5.74) is 0.0834. The fourth-order valence-corrected chi connectivity index (χ4v) is 2.30. The van der Waals surface area contributed by atoms with Gasteiger partial charge < -0.3 is 19.9 Å². The normalized spacial score (nSPS) is 19.2. The summed E-state index contributed by atoms with van der Waals surface area (Å²) in [6, 6.07) is 5.28. The number of ether oxygens (including phenoxy) is 2. The molecule has 1 heterocycles. The summed E-state index contributed by atoms with van der Waals surface area (Å²) in [4.78, 5) is 12.1. The molecular weight excluding hydrogens is 234 g/mol. The zero-order chi connectivity index (χ0) is 12.6. The van der Waals surface area contributed by atoms with Crippen molar-refractivity contribution in [2.24, 2.45) is 5.41 Å². The molecule has 1 aromatic rings. The lowest BCUT2D eigenvalue weighted by molar-refractivity contribution is -0.133. The number of hydrogen-bond acceptors (Lipinski definition) is 4. The van der Waals surface area contributed by atoms with Crippen LogP contribution in [-0.4, -0.2) is 24.4 Å². The third kappa shape index (κ3) is 1.71. The van der Waals surface area contributed by atoms with E-state index in [1.54, 1.807) is 18.2 Å². The van der Waals surface area contributed by atoms with E-state index in [4.69, 9.17) is 9.47 Å². The van der Waals surface area contributed by atoms with Crippen LogP contribution in [0.1, 0.15) is 19.3 Å². The lowest BCUT2D eigenvalue weighted by Gasteiger charge is -2.38. The quantitative estimate of drug-likeness (QED) is 0.852. The van der Waals surface area contributed by atoms with Crippen LogP contribution in [0.2, 0.25) is 0 Å². The first kappa shape index (κ1) is 11.3. The molecule has 0 spiro atoms. The van der Waals surface area contributed by atoms with Gasteiger partial charge in [-0.1, -0.05) is 6.42 Å². The molecule has 1 aliphatic carbocycles. The molecule has 1 amide bonds. The molecule has 5 nitrogen and oxygen atoms in total. The van der Waals surface area contributed by atoms with Crippen molar-refractivity contribution in [3.05, 3.63) is 18.2 Å². The molecular formula is C13H15NO4. The van der Waals surface area contributed by atoms with E-state index in [0.29, 0.717) is 17.2 Å². The minimum atomic E-state index is -0.587. The summed E-state index contributed by atoms with van der Waals surface area (Å²) >= 11 is 0. The minimum Gasteiger partial charge on any atom is -0.454 e. The number of rotatable bonds is 3. The molecule has 1 saturated carbocycles. The highest BCUT2D eigenvalue weighted by atomic mass is 16.7. The third-order valence-electron chi connectivity index (χ3n) is 3.73. The van der Waals surface area contributed by atoms with Gasteiger partial charge in [-0.05, 0) is 25.0 Å². The van der Waals surface area contributed by atoms with Crippen molar-refractivity contribution < 1.29 is 19.4 Å². The van der Waals surface area contributed by atoms with Crippen molar-refractivity contribution in [2.75, 3.05) is 18.7 Å². The van der Waals surface area contributed by atoms with Gasteiger partial charge in [-0.25, -0.2) is 0 Å². The Balaban J connectivity index is 1.74. The highest BCUT2D eigenvalue weighted by molar-refractivity contribution is 5.96. The average molecular weight is 249 g/mol. The number of carbonyl (C=O) groups excluding carboxylic acids is 1. The van der Waals surface area contributed by atoms with Crippen molar-refractivity contribution in [2.45, 2.75) is 19.3 Å². The van der Waals surface area contributed by atoms with E-state index in [-0.39, 0.29) is 19.3 Å². The Morgan fingerprint density at radius 2 is 2.11 bits per heavy atom. The SMILES string of the molecule is O=C(Nc1ccc2c(c1)OCO2)C1(CO)CCC1. The highest BCUT2D eigenvalue weighted by Gasteiger charge is 2.43. The van der Waals surface area contributed by atoms with E-state index in [1.807, 2.05) is 0 Å². The average Bonchev–Trinajstić information content (AvgIpc) is 2.75. The molecule has 1 aromatic carbocycles. The van der Waals surface area contributed by atoms with Gasteiger partial charge in [0.15, 0.2) is 11.5 Å². The second-order valence-electron chi connectivity index (χ2n) is 4.81. The Labute approximate surface area is 105 Å². The molecule has 0 bridgehead atoms. The molecule has 0 atom stereocenters. The van der Waals surface area contributed by atoms with E-state index < -0.39 is 5.41 Å². The Morgan fingerprint density at radius 1 is 1.33 bits per heavy atom. The summed E-state index contributed by atoms with van der Waals surface area (Å²) in [7, 11) is 0. The fraction of sp³-hybridized carbons (Fsp3) is 0.462. The number of aliphatic hydroxyl groups excluding tert-OH is 1. The van der Waals surface area contributed by atoms with E-state index in [0.717, 1.165) is 19.3 Å². The number of fused-ring (bicyclic) bond motifs is 1. The van der Waals surface area contributed by atoms with Gasteiger partial charge in [0.1, 0.15) is 0 Å². The number of benzene rings is 1. The third-order valence-corrected chi connectivity index (χ3v) is 3.73. The molecule has 0 unspecified atom stereocenters. The summed E-state index contributed by atoms with van der Waals surface area (Å²) < 4.78 is 10.5. The number of anilines is 1. The van der Waals surface area contributed by atoms with Crippen molar-refractivity contribution >= 4 is 11.6 Å². The van der Waals surface area contributed by atoms with Crippen LogP contribution in [0.5, 0.6) is 11.5 Å². The second kappa shape index (κ2) is 4.17. The minimum absolute atomic E-state index is 0.0939. The maximum atomic E-state index is 12.1. The van der Waals surface area contributed by atoms with Crippen molar-refractivity contribution in [3.8, 4) is 11.5 Å².